The van der Waals surface area contributed by atoms with Gasteiger partial charge < -0.3 is 10.2 Å². The largest absolute Gasteiger partial charge is 0.356 e. The first-order valence-corrected chi connectivity index (χ1v) is 10.9. The number of nitrogens with one attached hydrogen (secondary N) is 1. The second kappa shape index (κ2) is 9.71. The Morgan fingerprint density at radius 2 is 2.06 bits per heavy atom. The van der Waals surface area contributed by atoms with Gasteiger partial charge in [-0.3, -0.25) is 9.59 Å². The van der Waals surface area contributed by atoms with Crippen LogP contribution in [0.3, 0.4) is 0 Å². The van der Waals surface area contributed by atoms with Gasteiger partial charge in [0.05, 0.1) is 11.6 Å². The summed E-state index contributed by atoms with van der Waals surface area (Å²) in [4.78, 5) is 35.4. The number of anilines is 1. The highest BCUT2D eigenvalue weighted by Crippen LogP contribution is 2.23. The minimum atomic E-state index is -0.133. The molecule has 3 aromatic heterocycles. The van der Waals surface area contributed by atoms with E-state index in [4.69, 9.17) is 0 Å². The molecular weight excluding hydrogens is 408 g/mol. The Hall–Kier alpha value is -3.56. The summed E-state index contributed by atoms with van der Waals surface area (Å²) in [6, 6.07) is 7.03. The van der Waals surface area contributed by atoms with Crippen LogP contribution in [0, 0.1) is 19.8 Å². The number of aromatic nitrogens is 6. The SMILES string of the molecule is Cc1cc(C)n(-c2cc(N3CCCC(C(=O)NCCCn4ncccc4=O)C3)ncn2)n1. The second-order valence-corrected chi connectivity index (χ2v) is 8.09. The molecule has 3 aromatic rings. The third-order valence-electron chi connectivity index (χ3n) is 5.61. The maximum Gasteiger partial charge on any atom is 0.266 e. The van der Waals surface area contributed by atoms with Crippen LogP contribution in [0.1, 0.15) is 30.7 Å². The normalized spacial score (nSPS) is 16.2. The maximum atomic E-state index is 12.7. The maximum absolute atomic E-state index is 12.7. The number of amides is 1. The number of hydrogen-bond donors (Lipinski definition) is 1. The highest BCUT2D eigenvalue weighted by Gasteiger charge is 2.26. The zero-order valence-corrected chi connectivity index (χ0v) is 18.4. The molecule has 32 heavy (non-hydrogen) atoms. The van der Waals surface area contributed by atoms with Crippen molar-refractivity contribution in [3.63, 3.8) is 0 Å². The van der Waals surface area contributed by atoms with Crippen LogP contribution in [-0.4, -0.2) is 55.1 Å². The van der Waals surface area contributed by atoms with Gasteiger partial charge >= 0.3 is 0 Å². The van der Waals surface area contributed by atoms with Crippen LogP contribution >= 0.6 is 0 Å². The van der Waals surface area contributed by atoms with E-state index in [2.05, 4.69) is 30.4 Å². The monoisotopic (exact) mass is 436 g/mol. The third kappa shape index (κ3) is 5.01. The van der Waals surface area contributed by atoms with Gasteiger partial charge in [0.15, 0.2) is 5.82 Å². The minimum absolute atomic E-state index is 0.0379. The predicted octanol–water partition coefficient (Wildman–Crippen LogP) is 1.26. The zero-order chi connectivity index (χ0) is 22.5. The molecule has 10 heteroatoms. The zero-order valence-electron chi connectivity index (χ0n) is 18.4. The molecule has 0 radical (unpaired) electrons. The summed E-state index contributed by atoms with van der Waals surface area (Å²) in [6.07, 6.45) is 5.55. The van der Waals surface area contributed by atoms with Crippen molar-refractivity contribution in [2.75, 3.05) is 24.5 Å². The molecule has 1 aliphatic heterocycles. The van der Waals surface area contributed by atoms with Gasteiger partial charge in [0.1, 0.15) is 12.1 Å². The molecule has 1 N–H and O–H groups in total. The van der Waals surface area contributed by atoms with E-state index in [1.165, 1.54) is 10.7 Å². The molecule has 0 bridgehead atoms. The quantitative estimate of drug-likeness (QED) is 0.555. The van der Waals surface area contributed by atoms with Crippen molar-refractivity contribution in [3.05, 3.63) is 58.5 Å². The van der Waals surface area contributed by atoms with Gasteiger partial charge in [0.25, 0.3) is 5.56 Å². The Morgan fingerprint density at radius 1 is 1.22 bits per heavy atom. The van der Waals surface area contributed by atoms with E-state index in [1.54, 1.807) is 18.6 Å². The summed E-state index contributed by atoms with van der Waals surface area (Å²) >= 11 is 0. The molecule has 1 aliphatic rings. The lowest BCUT2D eigenvalue weighted by molar-refractivity contribution is -0.125. The molecule has 0 aromatic carbocycles. The van der Waals surface area contributed by atoms with Crippen molar-refractivity contribution < 1.29 is 4.79 Å². The first kappa shape index (κ1) is 21.7. The number of aryl methyl sites for hydroxylation is 3. The Kier molecular flexibility index (Phi) is 6.58. The average Bonchev–Trinajstić information content (AvgIpc) is 3.15. The van der Waals surface area contributed by atoms with Gasteiger partial charge in [0, 0.05) is 50.2 Å². The molecule has 0 aliphatic carbocycles. The fraction of sp³-hybridized carbons (Fsp3) is 0.455. The summed E-state index contributed by atoms with van der Waals surface area (Å²) in [5, 5.41) is 11.5. The van der Waals surface area contributed by atoms with Crippen molar-refractivity contribution >= 4 is 11.7 Å². The summed E-state index contributed by atoms with van der Waals surface area (Å²) in [5.74, 6) is 1.45. The molecule has 1 fully saturated rings. The van der Waals surface area contributed by atoms with E-state index in [-0.39, 0.29) is 17.4 Å². The van der Waals surface area contributed by atoms with Crippen LogP contribution < -0.4 is 15.8 Å². The summed E-state index contributed by atoms with van der Waals surface area (Å²) < 4.78 is 3.21. The number of rotatable bonds is 7. The lowest BCUT2D eigenvalue weighted by Crippen LogP contribution is -2.43. The van der Waals surface area contributed by atoms with Crippen molar-refractivity contribution in [2.24, 2.45) is 5.92 Å². The van der Waals surface area contributed by atoms with Crippen molar-refractivity contribution in [2.45, 2.75) is 39.7 Å². The first-order valence-electron chi connectivity index (χ1n) is 10.9. The number of carbonyl (C=O) groups excluding carboxylic acids is 1. The Bertz CT molecular complexity index is 1140. The highest BCUT2D eigenvalue weighted by atomic mass is 16.2. The molecule has 4 heterocycles. The fourth-order valence-corrected chi connectivity index (χ4v) is 4.03. The van der Waals surface area contributed by atoms with Gasteiger partial charge in [-0.2, -0.15) is 10.2 Å². The Balaban J connectivity index is 1.33. The van der Waals surface area contributed by atoms with E-state index < -0.39 is 0 Å². The number of nitrogens with zero attached hydrogens (tertiary/aromatic N) is 7. The van der Waals surface area contributed by atoms with Crippen LogP contribution in [0.2, 0.25) is 0 Å². The molecule has 168 valence electrons. The van der Waals surface area contributed by atoms with Gasteiger partial charge in [-0.1, -0.05) is 0 Å². The Morgan fingerprint density at radius 3 is 2.84 bits per heavy atom. The summed E-state index contributed by atoms with van der Waals surface area (Å²) in [6.45, 7) is 6.39. The van der Waals surface area contributed by atoms with Crippen molar-refractivity contribution in [3.8, 4) is 5.82 Å². The second-order valence-electron chi connectivity index (χ2n) is 8.09. The molecule has 1 amide bonds. The van der Waals surface area contributed by atoms with E-state index in [9.17, 15) is 9.59 Å². The van der Waals surface area contributed by atoms with Crippen LogP contribution in [0.4, 0.5) is 5.82 Å². The lowest BCUT2D eigenvalue weighted by atomic mass is 9.97. The predicted molar refractivity (Wildman–Crippen MR) is 120 cm³/mol. The van der Waals surface area contributed by atoms with E-state index in [1.807, 2.05) is 30.7 Å². The Labute approximate surface area is 186 Å². The van der Waals surface area contributed by atoms with Gasteiger partial charge in [-0.15, -0.1) is 0 Å². The number of hydrogen-bond acceptors (Lipinski definition) is 7. The van der Waals surface area contributed by atoms with Crippen LogP contribution in [-0.2, 0) is 11.3 Å². The smallest absolute Gasteiger partial charge is 0.266 e. The fourth-order valence-electron chi connectivity index (χ4n) is 4.03. The van der Waals surface area contributed by atoms with Crippen LogP contribution in [0.5, 0.6) is 0 Å². The highest BCUT2D eigenvalue weighted by molar-refractivity contribution is 5.79. The lowest BCUT2D eigenvalue weighted by Gasteiger charge is -2.33. The standard InChI is InChI=1S/C22H28N8O2/c1-16-12-17(2)30(27-16)20-13-19(24-15-25-20)28-10-4-6-18(14-28)22(32)23-8-5-11-29-21(31)7-3-9-26-29/h3,7,9,12-13,15,18H,4-6,8,10-11,14H2,1-2H3,(H,23,32). The van der Waals surface area contributed by atoms with E-state index in [0.29, 0.717) is 26.1 Å². The van der Waals surface area contributed by atoms with Gasteiger partial charge in [0.2, 0.25) is 5.91 Å². The average molecular weight is 437 g/mol. The molecular formula is C22H28N8O2. The summed E-state index contributed by atoms with van der Waals surface area (Å²) in [7, 11) is 0. The summed E-state index contributed by atoms with van der Waals surface area (Å²) in [5.41, 5.74) is 1.81. The molecule has 1 saturated heterocycles. The van der Waals surface area contributed by atoms with Crippen molar-refractivity contribution in [1.82, 2.24) is 34.8 Å². The van der Waals surface area contributed by atoms with Gasteiger partial charge in [-0.25, -0.2) is 19.3 Å². The van der Waals surface area contributed by atoms with E-state index >= 15 is 0 Å². The molecule has 1 atom stereocenters. The number of carbonyl (C=O) groups is 1. The minimum Gasteiger partial charge on any atom is -0.356 e. The van der Waals surface area contributed by atoms with Gasteiger partial charge in [-0.05, 0) is 45.2 Å². The van der Waals surface area contributed by atoms with E-state index in [0.717, 1.165) is 42.4 Å². The third-order valence-corrected chi connectivity index (χ3v) is 5.61. The molecule has 0 saturated carbocycles. The van der Waals surface area contributed by atoms with Crippen molar-refractivity contribution in [1.29, 1.82) is 0 Å². The molecule has 10 nitrogen and oxygen atoms in total. The molecule has 4 rings (SSSR count). The topological polar surface area (TPSA) is 111 Å². The molecule has 1 unspecified atom stereocenters. The number of piperidine rings is 1. The van der Waals surface area contributed by atoms with Crippen LogP contribution in [0.25, 0.3) is 5.82 Å². The first-order chi connectivity index (χ1) is 15.5. The van der Waals surface area contributed by atoms with Crippen LogP contribution in [0.15, 0.2) is 41.6 Å². The molecule has 0 spiro atoms.